The zero-order chi connectivity index (χ0) is 20.5. The van der Waals surface area contributed by atoms with E-state index in [4.69, 9.17) is 14.5 Å². The lowest BCUT2D eigenvalue weighted by Gasteiger charge is -2.32. The maximum Gasteiger partial charge on any atom is 0.175 e. The van der Waals surface area contributed by atoms with Gasteiger partial charge in [0.15, 0.2) is 16.7 Å². The highest BCUT2D eigenvalue weighted by molar-refractivity contribution is 9.10. The fraction of sp³-hybridized carbons (Fsp3) is 0.455. The van der Waals surface area contributed by atoms with E-state index < -0.39 is 0 Å². The van der Waals surface area contributed by atoms with Crippen molar-refractivity contribution >= 4 is 32.9 Å². The molecule has 2 aromatic rings. The summed E-state index contributed by atoms with van der Waals surface area (Å²) in [5, 5.41) is 1.12. The van der Waals surface area contributed by atoms with E-state index in [1.807, 2.05) is 43.9 Å². The number of amidine groups is 1. The van der Waals surface area contributed by atoms with Gasteiger partial charge in [0.05, 0.1) is 29.4 Å². The highest BCUT2D eigenvalue weighted by atomic mass is 79.9. The summed E-state index contributed by atoms with van der Waals surface area (Å²) in [6.07, 6.45) is 2.99. The fourth-order valence-electron chi connectivity index (χ4n) is 3.97. The second kappa shape index (κ2) is 8.56. The molecule has 1 aromatic heterocycles. The molecule has 1 aromatic carbocycles. The van der Waals surface area contributed by atoms with Crippen LogP contribution in [0.3, 0.4) is 0 Å². The van der Waals surface area contributed by atoms with Gasteiger partial charge < -0.3 is 14.4 Å². The molecule has 1 saturated heterocycles. The van der Waals surface area contributed by atoms with Crippen molar-refractivity contribution in [2.24, 2.45) is 4.99 Å². The molecule has 0 aliphatic carbocycles. The number of hydrogen-bond acceptors (Lipinski definition) is 6. The number of nitrogens with zero attached hydrogens (tertiary/aromatic N) is 3. The lowest BCUT2D eigenvalue weighted by Crippen LogP contribution is -2.35. The number of ether oxygens (including phenoxy) is 2. The van der Waals surface area contributed by atoms with Gasteiger partial charge in [-0.25, -0.2) is 0 Å². The lowest BCUT2D eigenvalue weighted by atomic mass is 9.95. The minimum absolute atomic E-state index is 0.0403. The van der Waals surface area contributed by atoms with Gasteiger partial charge in [-0.3, -0.25) is 9.98 Å². The van der Waals surface area contributed by atoms with Crippen LogP contribution in [0, 0.1) is 0 Å². The summed E-state index contributed by atoms with van der Waals surface area (Å²) >= 11 is 5.56. The molecular weight excluding hydrogens is 450 g/mol. The smallest absolute Gasteiger partial charge is 0.175 e. The van der Waals surface area contributed by atoms with Crippen molar-refractivity contribution in [3.05, 3.63) is 52.3 Å². The second-order valence-corrected chi connectivity index (χ2v) is 9.38. The molecule has 2 aliphatic rings. The van der Waals surface area contributed by atoms with Crippen molar-refractivity contribution in [3.8, 4) is 11.5 Å². The summed E-state index contributed by atoms with van der Waals surface area (Å²) in [4.78, 5) is 12.2. The van der Waals surface area contributed by atoms with Crippen molar-refractivity contribution < 1.29 is 9.47 Å². The van der Waals surface area contributed by atoms with Crippen LogP contribution in [0.2, 0.25) is 0 Å². The first-order chi connectivity index (χ1) is 14.0. The van der Waals surface area contributed by atoms with Gasteiger partial charge in [-0.05, 0) is 66.0 Å². The van der Waals surface area contributed by atoms with Crippen LogP contribution < -0.4 is 9.47 Å². The number of halogens is 1. The van der Waals surface area contributed by atoms with Crippen molar-refractivity contribution in [2.45, 2.75) is 51.4 Å². The molecule has 0 bridgehead atoms. The standard InChI is InChI=1S/C22H26BrN3O2S/c1-5-15-12-29-22-25-19(17-8-6-7-9-24-17)20(26(15)22)14-10-16(23)21(28-13(2)3)18(11-14)27-4/h6-11,13,15,19-20H,5,12H2,1-4H3/t15-,19-,20-/m1/s1. The van der Waals surface area contributed by atoms with Gasteiger partial charge in [0, 0.05) is 18.0 Å². The van der Waals surface area contributed by atoms with E-state index in [2.05, 4.69) is 50.9 Å². The Morgan fingerprint density at radius 1 is 1.31 bits per heavy atom. The Morgan fingerprint density at radius 3 is 2.79 bits per heavy atom. The van der Waals surface area contributed by atoms with Crippen molar-refractivity contribution in [3.63, 3.8) is 0 Å². The topological polar surface area (TPSA) is 47.0 Å². The molecule has 0 N–H and O–H groups in total. The first-order valence-corrected chi connectivity index (χ1v) is 11.7. The number of aromatic nitrogens is 1. The molecule has 0 unspecified atom stereocenters. The van der Waals surface area contributed by atoms with Crippen LogP contribution in [-0.4, -0.2) is 40.1 Å². The van der Waals surface area contributed by atoms with Crippen LogP contribution in [0.15, 0.2) is 46.0 Å². The number of methoxy groups -OCH3 is 1. The van der Waals surface area contributed by atoms with Gasteiger partial charge in [-0.2, -0.15) is 0 Å². The van der Waals surface area contributed by atoms with Crippen LogP contribution in [-0.2, 0) is 0 Å². The third kappa shape index (κ3) is 3.87. The lowest BCUT2D eigenvalue weighted by molar-refractivity contribution is 0.226. The largest absolute Gasteiger partial charge is 0.493 e. The van der Waals surface area contributed by atoms with Crippen LogP contribution >= 0.6 is 27.7 Å². The number of hydrogen-bond donors (Lipinski definition) is 0. The maximum absolute atomic E-state index is 5.99. The van der Waals surface area contributed by atoms with Crippen molar-refractivity contribution in [2.75, 3.05) is 12.9 Å². The Morgan fingerprint density at radius 2 is 2.14 bits per heavy atom. The zero-order valence-electron chi connectivity index (χ0n) is 17.1. The molecule has 0 spiro atoms. The quantitative estimate of drug-likeness (QED) is 0.542. The molecule has 2 aliphatic heterocycles. The molecular formula is C22H26BrN3O2S. The predicted molar refractivity (Wildman–Crippen MR) is 122 cm³/mol. The van der Waals surface area contributed by atoms with Crippen molar-refractivity contribution in [1.29, 1.82) is 0 Å². The van der Waals surface area contributed by atoms with Gasteiger partial charge in [0.2, 0.25) is 0 Å². The normalized spacial score (nSPS) is 23.3. The molecule has 3 atom stereocenters. The van der Waals surface area contributed by atoms with Gasteiger partial charge in [-0.1, -0.05) is 24.8 Å². The van der Waals surface area contributed by atoms with E-state index in [9.17, 15) is 0 Å². The van der Waals surface area contributed by atoms with Crippen LogP contribution in [0.5, 0.6) is 11.5 Å². The Bertz CT molecular complexity index is 906. The molecule has 1 fully saturated rings. The summed E-state index contributed by atoms with van der Waals surface area (Å²) in [7, 11) is 1.69. The Labute approximate surface area is 185 Å². The summed E-state index contributed by atoms with van der Waals surface area (Å²) < 4.78 is 12.6. The monoisotopic (exact) mass is 475 g/mol. The molecule has 4 rings (SSSR count). The Balaban J connectivity index is 1.80. The average molecular weight is 476 g/mol. The third-order valence-electron chi connectivity index (χ3n) is 5.28. The number of thioether (sulfide) groups is 1. The summed E-state index contributed by atoms with van der Waals surface area (Å²) in [6, 6.07) is 10.8. The number of benzene rings is 1. The highest BCUT2D eigenvalue weighted by Crippen LogP contribution is 2.50. The van der Waals surface area contributed by atoms with Crippen LogP contribution in [0.1, 0.15) is 50.5 Å². The van der Waals surface area contributed by atoms with E-state index in [-0.39, 0.29) is 18.2 Å². The van der Waals surface area contributed by atoms with E-state index in [1.54, 1.807) is 7.11 Å². The van der Waals surface area contributed by atoms with Crippen LogP contribution in [0.4, 0.5) is 0 Å². The van der Waals surface area contributed by atoms with Crippen molar-refractivity contribution in [1.82, 2.24) is 9.88 Å². The first kappa shape index (κ1) is 20.5. The molecule has 5 nitrogen and oxygen atoms in total. The van der Waals surface area contributed by atoms with E-state index in [1.165, 1.54) is 0 Å². The van der Waals surface area contributed by atoms with Gasteiger partial charge in [-0.15, -0.1) is 0 Å². The number of pyridine rings is 1. The summed E-state index contributed by atoms with van der Waals surface area (Å²) in [5.41, 5.74) is 2.15. The SMILES string of the molecule is CC[C@@H]1CSC2=N[C@H](c3ccccn3)[C@@H](c3cc(Br)c(OC(C)C)c(OC)c3)N21. The summed E-state index contributed by atoms with van der Waals surface area (Å²) in [5.74, 6) is 2.55. The number of fused-ring (bicyclic) bond motifs is 1. The minimum atomic E-state index is -0.0403. The highest BCUT2D eigenvalue weighted by Gasteiger charge is 2.45. The molecule has 29 heavy (non-hydrogen) atoms. The zero-order valence-corrected chi connectivity index (χ0v) is 19.5. The molecule has 0 saturated carbocycles. The molecule has 7 heteroatoms. The minimum Gasteiger partial charge on any atom is -0.493 e. The van der Waals surface area contributed by atoms with Gasteiger partial charge >= 0.3 is 0 Å². The van der Waals surface area contributed by atoms with E-state index in [0.717, 1.165) is 44.6 Å². The summed E-state index contributed by atoms with van der Waals surface area (Å²) in [6.45, 7) is 6.28. The third-order valence-corrected chi connectivity index (χ3v) is 6.99. The molecule has 3 heterocycles. The second-order valence-electron chi connectivity index (χ2n) is 7.54. The van der Waals surface area contributed by atoms with Crippen LogP contribution in [0.25, 0.3) is 0 Å². The molecule has 154 valence electrons. The molecule has 0 amide bonds. The Hall–Kier alpha value is -1.73. The first-order valence-electron chi connectivity index (χ1n) is 9.97. The van der Waals surface area contributed by atoms with E-state index >= 15 is 0 Å². The number of aliphatic imine (C=N–C) groups is 1. The van der Waals surface area contributed by atoms with E-state index in [0.29, 0.717) is 6.04 Å². The van der Waals surface area contributed by atoms with Gasteiger partial charge in [0.1, 0.15) is 6.04 Å². The predicted octanol–water partition coefficient (Wildman–Crippen LogP) is 5.62. The fourth-order valence-corrected chi connectivity index (χ4v) is 5.86. The molecule has 0 radical (unpaired) electrons. The average Bonchev–Trinajstić information content (AvgIpc) is 3.28. The number of rotatable bonds is 6. The Kier molecular flexibility index (Phi) is 6.06. The van der Waals surface area contributed by atoms with Gasteiger partial charge in [0.25, 0.3) is 0 Å². The maximum atomic E-state index is 5.99.